The highest BCUT2D eigenvalue weighted by Crippen LogP contribution is 2.08. The first-order valence-electron chi connectivity index (χ1n) is 4.57. The minimum absolute atomic E-state index is 0.0784. The molecule has 1 aromatic rings. The lowest BCUT2D eigenvalue weighted by Gasteiger charge is -1.94. The van der Waals surface area contributed by atoms with Gasteiger partial charge in [-0.3, -0.25) is 9.59 Å². The Hall–Kier alpha value is -1.49. The van der Waals surface area contributed by atoms with Gasteiger partial charge in [-0.2, -0.15) is 0 Å². The summed E-state index contributed by atoms with van der Waals surface area (Å²) in [4.78, 5) is 25.6. The highest BCUT2D eigenvalue weighted by atomic mass is 32.1. The van der Waals surface area contributed by atoms with Crippen molar-refractivity contribution in [1.82, 2.24) is 4.98 Å². The SMILES string of the molecule is NC(=O)/C=C/C(=O)CCCc1nccs1. The molecule has 0 aliphatic heterocycles. The molecule has 0 aliphatic rings. The molecule has 0 radical (unpaired) electrons. The van der Waals surface area contributed by atoms with Crippen molar-refractivity contribution in [2.75, 3.05) is 0 Å². The Kier molecular flexibility index (Phi) is 4.70. The lowest BCUT2D eigenvalue weighted by molar-refractivity contribution is -0.116. The van der Waals surface area contributed by atoms with Crippen LogP contribution in [-0.2, 0) is 16.0 Å². The topological polar surface area (TPSA) is 73.1 Å². The lowest BCUT2D eigenvalue weighted by atomic mass is 10.1. The van der Waals surface area contributed by atoms with Crippen LogP contribution in [0.3, 0.4) is 0 Å². The molecule has 0 saturated carbocycles. The third kappa shape index (κ3) is 5.07. The van der Waals surface area contributed by atoms with Gasteiger partial charge in [0, 0.05) is 24.1 Å². The van der Waals surface area contributed by atoms with Gasteiger partial charge in [0.15, 0.2) is 5.78 Å². The van der Waals surface area contributed by atoms with Crippen LogP contribution in [0.1, 0.15) is 17.8 Å². The summed E-state index contributed by atoms with van der Waals surface area (Å²) >= 11 is 1.58. The van der Waals surface area contributed by atoms with Crippen LogP contribution < -0.4 is 5.73 Å². The number of ketones is 1. The molecule has 0 fully saturated rings. The standard InChI is InChI=1S/C10H12N2O2S/c11-9(14)5-4-8(13)2-1-3-10-12-6-7-15-10/h4-7H,1-3H2,(H2,11,14)/b5-4+. The summed E-state index contributed by atoms with van der Waals surface area (Å²) in [6, 6.07) is 0. The fraction of sp³-hybridized carbons (Fsp3) is 0.300. The van der Waals surface area contributed by atoms with Crippen molar-refractivity contribution in [1.29, 1.82) is 0 Å². The van der Waals surface area contributed by atoms with Gasteiger partial charge >= 0.3 is 0 Å². The summed E-state index contributed by atoms with van der Waals surface area (Å²) < 4.78 is 0. The van der Waals surface area contributed by atoms with Crippen molar-refractivity contribution in [3.05, 3.63) is 28.7 Å². The Bertz CT molecular complexity index is 358. The zero-order valence-electron chi connectivity index (χ0n) is 8.18. The number of hydrogen-bond donors (Lipinski definition) is 1. The Balaban J connectivity index is 2.20. The van der Waals surface area contributed by atoms with Crippen LogP contribution in [0.25, 0.3) is 0 Å². The van der Waals surface area contributed by atoms with Crippen LogP contribution in [0.15, 0.2) is 23.7 Å². The summed E-state index contributed by atoms with van der Waals surface area (Å²) in [6.07, 6.45) is 6.03. The molecule has 0 aliphatic carbocycles. The lowest BCUT2D eigenvalue weighted by Crippen LogP contribution is -2.06. The predicted octanol–water partition coefficient (Wildman–Crippen LogP) is 1.08. The third-order valence-corrected chi connectivity index (χ3v) is 2.57. The number of carbonyl (C=O) groups is 2. The Morgan fingerprint density at radius 3 is 2.87 bits per heavy atom. The van der Waals surface area contributed by atoms with Crippen molar-refractivity contribution in [3.8, 4) is 0 Å². The predicted molar refractivity (Wildman–Crippen MR) is 58.4 cm³/mol. The molecule has 4 nitrogen and oxygen atoms in total. The van der Waals surface area contributed by atoms with Gasteiger partial charge in [-0.05, 0) is 18.9 Å². The second kappa shape index (κ2) is 6.08. The van der Waals surface area contributed by atoms with Crippen LogP contribution in [-0.4, -0.2) is 16.7 Å². The van der Waals surface area contributed by atoms with Gasteiger partial charge in [-0.25, -0.2) is 4.98 Å². The number of allylic oxidation sites excluding steroid dienone is 1. The van der Waals surface area contributed by atoms with Crippen LogP contribution in [0.5, 0.6) is 0 Å². The molecule has 0 saturated heterocycles. The fourth-order valence-corrected chi connectivity index (χ4v) is 1.71. The van der Waals surface area contributed by atoms with Crippen molar-refractivity contribution in [3.63, 3.8) is 0 Å². The zero-order chi connectivity index (χ0) is 11.1. The van der Waals surface area contributed by atoms with Gasteiger partial charge in [-0.1, -0.05) is 0 Å². The van der Waals surface area contributed by atoms with E-state index in [0.717, 1.165) is 23.9 Å². The summed E-state index contributed by atoms with van der Waals surface area (Å²) in [5.74, 6) is -0.673. The number of rotatable bonds is 6. The summed E-state index contributed by atoms with van der Waals surface area (Å²) in [6.45, 7) is 0. The Morgan fingerprint density at radius 1 is 1.47 bits per heavy atom. The van der Waals surface area contributed by atoms with Crippen molar-refractivity contribution in [2.45, 2.75) is 19.3 Å². The maximum Gasteiger partial charge on any atom is 0.241 e. The van der Waals surface area contributed by atoms with Gasteiger partial charge in [0.25, 0.3) is 0 Å². The maximum atomic E-state index is 11.2. The average molecular weight is 224 g/mol. The average Bonchev–Trinajstić information content (AvgIpc) is 2.67. The molecular weight excluding hydrogens is 212 g/mol. The molecule has 0 aromatic carbocycles. The first kappa shape index (κ1) is 11.6. The number of carbonyl (C=O) groups excluding carboxylic acids is 2. The molecule has 1 amide bonds. The van der Waals surface area contributed by atoms with Gasteiger partial charge in [0.05, 0.1) is 5.01 Å². The molecule has 0 spiro atoms. The molecule has 0 unspecified atom stereocenters. The highest BCUT2D eigenvalue weighted by Gasteiger charge is 2.00. The van der Waals surface area contributed by atoms with Crippen LogP contribution in [0, 0.1) is 0 Å². The minimum atomic E-state index is -0.594. The van der Waals surface area contributed by atoms with Crippen molar-refractivity contribution in [2.24, 2.45) is 5.73 Å². The monoisotopic (exact) mass is 224 g/mol. The van der Waals surface area contributed by atoms with E-state index in [1.807, 2.05) is 5.38 Å². The van der Waals surface area contributed by atoms with E-state index in [1.54, 1.807) is 17.5 Å². The number of nitrogens with two attached hydrogens (primary N) is 1. The molecule has 5 heteroatoms. The number of thiazole rings is 1. The van der Waals surface area contributed by atoms with Crippen LogP contribution in [0.2, 0.25) is 0 Å². The minimum Gasteiger partial charge on any atom is -0.366 e. The number of aromatic nitrogens is 1. The molecule has 0 bridgehead atoms. The smallest absolute Gasteiger partial charge is 0.241 e. The molecule has 2 N–H and O–H groups in total. The molecule has 0 atom stereocenters. The molecule has 1 heterocycles. The van der Waals surface area contributed by atoms with Crippen molar-refractivity contribution >= 4 is 23.0 Å². The van der Waals surface area contributed by atoms with Gasteiger partial charge in [0.2, 0.25) is 5.91 Å². The number of nitrogens with zero attached hydrogens (tertiary/aromatic N) is 1. The van der Waals surface area contributed by atoms with E-state index >= 15 is 0 Å². The number of primary amides is 1. The molecule has 1 rings (SSSR count). The Morgan fingerprint density at radius 2 is 2.27 bits per heavy atom. The van der Waals surface area contributed by atoms with E-state index < -0.39 is 5.91 Å². The third-order valence-electron chi connectivity index (χ3n) is 1.73. The summed E-state index contributed by atoms with van der Waals surface area (Å²) in [5, 5.41) is 2.94. The van der Waals surface area contributed by atoms with E-state index in [0.29, 0.717) is 6.42 Å². The van der Waals surface area contributed by atoms with Crippen LogP contribution in [0.4, 0.5) is 0 Å². The molecule has 80 valence electrons. The molecule has 15 heavy (non-hydrogen) atoms. The highest BCUT2D eigenvalue weighted by molar-refractivity contribution is 7.09. The number of hydrogen-bond acceptors (Lipinski definition) is 4. The zero-order valence-corrected chi connectivity index (χ0v) is 9.00. The second-order valence-electron chi connectivity index (χ2n) is 2.98. The second-order valence-corrected chi connectivity index (χ2v) is 3.96. The maximum absolute atomic E-state index is 11.2. The summed E-state index contributed by atoms with van der Waals surface area (Å²) in [7, 11) is 0. The van der Waals surface area contributed by atoms with E-state index in [1.165, 1.54) is 6.08 Å². The Labute approximate surface area is 91.8 Å². The largest absolute Gasteiger partial charge is 0.366 e. The van der Waals surface area contributed by atoms with E-state index in [-0.39, 0.29) is 5.78 Å². The fourth-order valence-electron chi connectivity index (χ4n) is 1.05. The van der Waals surface area contributed by atoms with Crippen LogP contribution >= 0.6 is 11.3 Å². The normalized spacial score (nSPS) is 10.7. The quantitative estimate of drug-likeness (QED) is 0.735. The van der Waals surface area contributed by atoms with Gasteiger partial charge in [0.1, 0.15) is 0 Å². The number of amides is 1. The van der Waals surface area contributed by atoms with E-state index in [9.17, 15) is 9.59 Å². The summed E-state index contributed by atoms with van der Waals surface area (Å²) in [5.41, 5.74) is 4.86. The number of aryl methyl sites for hydroxylation is 1. The van der Waals surface area contributed by atoms with Gasteiger partial charge in [-0.15, -0.1) is 11.3 Å². The van der Waals surface area contributed by atoms with Crippen molar-refractivity contribution < 1.29 is 9.59 Å². The molecular formula is C10H12N2O2S. The first-order chi connectivity index (χ1) is 7.18. The van der Waals surface area contributed by atoms with E-state index in [2.05, 4.69) is 4.98 Å². The van der Waals surface area contributed by atoms with E-state index in [4.69, 9.17) is 5.73 Å². The first-order valence-corrected chi connectivity index (χ1v) is 5.45. The van der Waals surface area contributed by atoms with Gasteiger partial charge < -0.3 is 5.73 Å². The molecule has 1 aromatic heterocycles.